The van der Waals surface area contributed by atoms with E-state index in [9.17, 15) is 35.1 Å². The molecule has 0 aromatic rings. The van der Waals surface area contributed by atoms with Gasteiger partial charge in [0.1, 0.15) is 24.4 Å². The number of rotatable bonds is 55. The maximum Gasteiger partial charge on any atom is 0.306 e. The molecule has 1 fully saturated rings. The number of aliphatic hydroxyl groups is 5. The molecule has 0 radical (unpaired) electrons. The molecule has 0 aliphatic carbocycles. The van der Waals surface area contributed by atoms with E-state index in [1.54, 1.807) is 6.08 Å². The minimum absolute atomic E-state index is 0.117. The standard InChI is InChI=1S/C65H121NO10/c1-4-7-10-13-16-19-22-25-27-28-29-30-31-32-34-37-40-43-46-49-52-58(69)64(73)66-56(57(68)51-48-45-42-39-36-33-24-21-18-15-12-9-6-3)55-74-65-63(62(72)61(71)59(54-67)75-65)76-60(70)53-50-47-44-41-38-35-26-23-20-17-14-11-8-5-2/h8,11,17,20,48,51,56-59,61-63,65,67-69,71-72H,4-7,9-10,12-16,18-19,21-47,49-50,52-55H2,1-3H3,(H,66,73)/b11-8+,20-17+,51-48+. The van der Waals surface area contributed by atoms with E-state index in [4.69, 9.17) is 14.2 Å². The lowest BCUT2D eigenvalue weighted by atomic mass is 9.99. The van der Waals surface area contributed by atoms with Crippen molar-refractivity contribution >= 4 is 11.9 Å². The Labute approximate surface area is 466 Å². The van der Waals surface area contributed by atoms with Crippen molar-refractivity contribution in [2.75, 3.05) is 13.2 Å². The molecule has 8 unspecified atom stereocenters. The van der Waals surface area contributed by atoms with E-state index in [1.165, 1.54) is 173 Å². The van der Waals surface area contributed by atoms with Crippen LogP contribution in [-0.4, -0.2) is 99.6 Å². The first-order valence-corrected chi connectivity index (χ1v) is 32.3. The predicted octanol–water partition coefficient (Wildman–Crippen LogP) is 15.5. The van der Waals surface area contributed by atoms with Gasteiger partial charge in [-0.15, -0.1) is 0 Å². The average Bonchev–Trinajstić information content (AvgIpc) is 3.42. The van der Waals surface area contributed by atoms with Crippen LogP contribution in [0, 0.1) is 0 Å². The molecule has 0 bridgehead atoms. The van der Waals surface area contributed by atoms with E-state index in [-0.39, 0.29) is 13.0 Å². The first-order chi connectivity index (χ1) is 37.2. The lowest BCUT2D eigenvalue weighted by Gasteiger charge is -2.41. The number of aliphatic hydroxyl groups excluding tert-OH is 5. The molecular formula is C65H121NO10. The Kier molecular flexibility index (Phi) is 50.6. The zero-order valence-corrected chi connectivity index (χ0v) is 49.4. The van der Waals surface area contributed by atoms with Gasteiger partial charge >= 0.3 is 5.97 Å². The highest BCUT2D eigenvalue weighted by Crippen LogP contribution is 2.26. The monoisotopic (exact) mass is 1080 g/mol. The summed E-state index contributed by atoms with van der Waals surface area (Å²) in [6.07, 6.45) is 53.3. The first-order valence-electron chi connectivity index (χ1n) is 32.3. The maximum atomic E-state index is 13.4. The van der Waals surface area contributed by atoms with Crippen molar-refractivity contribution in [1.29, 1.82) is 0 Å². The SMILES string of the molecule is CC/C=C/C/C=C/CCCCCCCCCC(=O)OC1C(OCC(NC(=O)C(O)CCCCCCCCCCCCCCCCCCCCCC)C(O)/C=C/CCCCCCCCCCCCC)OC(CO)C(O)C1O. The van der Waals surface area contributed by atoms with Crippen LogP contribution in [0.15, 0.2) is 36.5 Å². The molecule has 0 aromatic heterocycles. The normalized spacial score (nSPS) is 19.3. The lowest BCUT2D eigenvalue weighted by molar-refractivity contribution is -0.305. The van der Waals surface area contributed by atoms with E-state index in [0.717, 1.165) is 83.5 Å². The molecule has 1 aliphatic rings. The largest absolute Gasteiger partial charge is 0.454 e. The van der Waals surface area contributed by atoms with E-state index < -0.39 is 67.4 Å². The van der Waals surface area contributed by atoms with E-state index in [2.05, 4.69) is 50.4 Å². The summed E-state index contributed by atoms with van der Waals surface area (Å²) in [5.41, 5.74) is 0. The molecule has 76 heavy (non-hydrogen) atoms. The minimum Gasteiger partial charge on any atom is -0.454 e. The molecule has 1 amide bonds. The second kappa shape index (κ2) is 53.5. The van der Waals surface area contributed by atoms with Gasteiger partial charge in [0.2, 0.25) is 5.91 Å². The van der Waals surface area contributed by atoms with Crippen molar-refractivity contribution in [3.63, 3.8) is 0 Å². The summed E-state index contributed by atoms with van der Waals surface area (Å²) < 4.78 is 17.6. The maximum absolute atomic E-state index is 13.4. The van der Waals surface area contributed by atoms with Crippen LogP contribution in [0.1, 0.15) is 303 Å². The predicted molar refractivity (Wildman–Crippen MR) is 315 cm³/mol. The Morgan fingerprint density at radius 3 is 1.41 bits per heavy atom. The second-order valence-electron chi connectivity index (χ2n) is 22.5. The number of ether oxygens (including phenoxy) is 3. The van der Waals surface area contributed by atoms with Gasteiger partial charge in [0.05, 0.1) is 25.4 Å². The van der Waals surface area contributed by atoms with Crippen LogP contribution in [0.4, 0.5) is 0 Å². The minimum atomic E-state index is -1.61. The van der Waals surface area contributed by atoms with Gasteiger partial charge < -0.3 is 45.1 Å². The lowest BCUT2D eigenvalue weighted by Crippen LogP contribution is -2.61. The smallest absolute Gasteiger partial charge is 0.306 e. The highest BCUT2D eigenvalue weighted by Gasteiger charge is 2.47. The van der Waals surface area contributed by atoms with Crippen LogP contribution in [0.5, 0.6) is 0 Å². The van der Waals surface area contributed by atoms with Crippen LogP contribution < -0.4 is 5.32 Å². The molecule has 1 saturated heterocycles. The number of amides is 1. The van der Waals surface area contributed by atoms with Crippen LogP contribution in [0.25, 0.3) is 0 Å². The number of hydrogen-bond acceptors (Lipinski definition) is 10. The van der Waals surface area contributed by atoms with Gasteiger partial charge in [0.25, 0.3) is 0 Å². The van der Waals surface area contributed by atoms with Gasteiger partial charge in [-0.3, -0.25) is 9.59 Å². The molecule has 0 aromatic carbocycles. The van der Waals surface area contributed by atoms with Crippen molar-refractivity contribution in [1.82, 2.24) is 5.32 Å². The Hall–Kier alpha value is -2.12. The molecular weight excluding hydrogens is 955 g/mol. The third kappa shape index (κ3) is 41.0. The Balaban J connectivity index is 2.65. The molecule has 8 atom stereocenters. The Morgan fingerprint density at radius 2 is 0.947 bits per heavy atom. The molecule has 1 heterocycles. The fourth-order valence-electron chi connectivity index (χ4n) is 10.2. The van der Waals surface area contributed by atoms with Crippen molar-refractivity contribution in [2.45, 2.75) is 352 Å². The number of unbranched alkanes of at least 4 members (excludes halogenated alkanes) is 37. The van der Waals surface area contributed by atoms with Crippen molar-refractivity contribution < 1.29 is 49.3 Å². The molecule has 1 rings (SSSR count). The number of esters is 1. The first kappa shape index (κ1) is 71.9. The zero-order valence-electron chi connectivity index (χ0n) is 49.4. The van der Waals surface area contributed by atoms with Crippen LogP contribution >= 0.6 is 0 Å². The van der Waals surface area contributed by atoms with Gasteiger partial charge in [-0.2, -0.15) is 0 Å². The molecule has 0 saturated carbocycles. The summed E-state index contributed by atoms with van der Waals surface area (Å²) in [4.78, 5) is 26.6. The van der Waals surface area contributed by atoms with Gasteiger partial charge in [0, 0.05) is 6.42 Å². The molecule has 446 valence electrons. The summed E-state index contributed by atoms with van der Waals surface area (Å²) >= 11 is 0. The number of hydrogen-bond donors (Lipinski definition) is 6. The highest BCUT2D eigenvalue weighted by molar-refractivity contribution is 5.80. The number of carbonyl (C=O) groups is 2. The zero-order chi connectivity index (χ0) is 55.4. The Morgan fingerprint density at radius 1 is 0.526 bits per heavy atom. The topological polar surface area (TPSA) is 175 Å². The molecule has 11 nitrogen and oxygen atoms in total. The van der Waals surface area contributed by atoms with E-state index in [1.807, 2.05) is 6.08 Å². The molecule has 1 aliphatic heterocycles. The van der Waals surface area contributed by atoms with Gasteiger partial charge in [-0.25, -0.2) is 0 Å². The number of nitrogens with one attached hydrogen (secondary N) is 1. The fourth-order valence-corrected chi connectivity index (χ4v) is 10.2. The van der Waals surface area contributed by atoms with Gasteiger partial charge in [-0.05, 0) is 51.4 Å². The average molecular weight is 1080 g/mol. The van der Waals surface area contributed by atoms with Gasteiger partial charge in [-0.1, -0.05) is 282 Å². The van der Waals surface area contributed by atoms with Gasteiger partial charge in [0.15, 0.2) is 12.4 Å². The highest BCUT2D eigenvalue weighted by atomic mass is 16.7. The quantitative estimate of drug-likeness (QED) is 0.0195. The fraction of sp³-hybridized carbons (Fsp3) is 0.877. The molecule has 11 heteroatoms. The molecule has 6 N–H and O–H groups in total. The summed E-state index contributed by atoms with van der Waals surface area (Å²) in [6.45, 7) is 5.71. The van der Waals surface area contributed by atoms with Crippen LogP contribution in [0.3, 0.4) is 0 Å². The second-order valence-corrected chi connectivity index (χ2v) is 22.5. The summed E-state index contributed by atoms with van der Waals surface area (Å²) in [5.74, 6) is -1.19. The summed E-state index contributed by atoms with van der Waals surface area (Å²) in [5, 5.41) is 57.0. The number of carbonyl (C=O) groups excluding carboxylic acids is 2. The van der Waals surface area contributed by atoms with Crippen molar-refractivity contribution in [2.24, 2.45) is 0 Å². The number of allylic oxidation sites excluding steroid dienone is 5. The summed E-state index contributed by atoms with van der Waals surface area (Å²) in [6, 6.07) is -1.02. The van der Waals surface area contributed by atoms with Crippen LogP contribution in [-0.2, 0) is 23.8 Å². The van der Waals surface area contributed by atoms with E-state index in [0.29, 0.717) is 19.3 Å². The molecule has 0 spiro atoms. The van der Waals surface area contributed by atoms with Crippen molar-refractivity contribution in [3.8, 4) is 0 Å². The van der Waals surface area contributed by atoms with Crippen molar-refractivity contribution in [3.05, 3.63) is 36.5 Å². The van der Waals surface area contributed by atoms with Crippen LogP contribution in [0.2, 0.25) is 0 Å². The third-order valence-electron chi connectivity index (χ3n) is 15.3. The Bertz CT molecular complexity index is 1380. The third-order valence-corrected chi connectivity index (χ3v) is 15.3. The van der Waals surface area contributed by atoms with E-state index >= 15 is 0 Å². The summed E-state index contributed by atoms with van der Waals surface area (Å²) in [7, 11) is 0.